The van der Waals surface area contributed by atoms with Crippen LogP contribution in [-0.2, 0) is 20.9 Å². The number of carboxylic acids is 1. The van der Waals surface area contributed by atoms with E-state index in [1.54, 1.807) is 12.1 Å². The zero-order valence-corrected chi connectivity index (χ0v) is 13.5. The Kier molecular flexibility index (Phi) is 8.54. The van der Waals surface area contributed by atoms with Crippen molar-refractivity contribution in [1.29, 1.82) is 0 Å². The Labute approximate surface area is 145 Å². The summed E-state index contributed by atoms with van der Waals surface area (Å²) in [4.78, 5) is 34.0. The smallest absolute Gasteiger partial charge is 0.407 e. The largest absolute Gasteiger partial charge is 0.480 e. The molecule has 2 amide bonds. The average Bonchev–Trinajstić information content (AvgIpc) is 2.58. The fourth-order valence-electron chi connectivity index (χ4n) is 1.83. The molecule has 4 N–H and O–H groups in total. The molecule has 0 aliphatic heterocycles. The summed E-state index contributed by atoms with van der Waals surface area (Å²) in [6.07, 6.45) is 2.55. The molecular formula is C17H20N2O6. The molecular weight excluding hydrogens is 328 g/mol. The SMILES string of the molecule is C#CC[C@H](NC(=O)C[C@@H](O)CNC(=O)OCc1ccccc1)C(=O)O. The number of alkyl carbamates (subject to hydrolysis) is 1. The Bertz CT molecular complexity index is 626. The number of carboxylic acid groups (broad SMARTS) is 1. The van der Waals surface area contributed by atoms with Gasteiger partial charge in [-0.2, -0.15) is 0 Å². The van der Waals surface area contributed by atoms with Crippen LogP contribution >= 0.6 is 0 Å². The number of terminal acetylenes is 1. The quantitative estimate of drug-likeness (QED) is 0.474. The van der Waals surface area contributed by atoms with Gasteiger partial charge < -0.3 is 25.6 Å². The van der Waals surface area contributed by atoms with Crippen LogP contribution in [0.5, 0.6) is 0 Å². The van der Waals surface area contributed by atoms with E-state index in [2.05, 4.69) is 16.6 Å². The Morgan fingerprint density at radius 3 is 2.52 bits per heavy atom. The minimum Gasteiger partial charge on any atom is -0.480 e. The van der Waals surface area contributed by atoms with Crippen molar-refractivity contribution in [3.8, 4) is 12.3 Å². The van der Waals surface area contributed by atoms with E-state index in [1.807, 2.05) is 18.2 Å². The number of amides is 2. The number of aliphatic hydroxyl groups is 1. The molecule has 8 nitrogen and oxygen atoms in total. The molecule has 2 atom stereocenters. The van der Waals surface area contributed by atoms with E-state index in [0.717, 1.165) is 5.56 Å². The monoisotopic (exact) mass is 348 g/mol. The van der Waals surface area contributed by atoms with Crippen molar-refractivity contribution in [1.82, 2.24) is 10.6 Å². The normalized spacial score (nSPS) is 12.3. The van der Waals surface area contributed by atoms with Gasteiger partial charge in [0.1, 0.15) is 12.6 Å². The highest BCUT2D eigenvalue weighted by molar-refractivity contribution is 5.84. The predicted octanol–water partition coefficient (Wildman–Crippen LogP) is 0.256. The fraction of sp³-hybridized carbons (Fsp3) is 0.353. The number of hydrogen-bond donors (Lipinski definition) is 4. The van der Waals surface area contributed by atoms with E-state index >= 15 is 0 Å². The molecule has 0 saturated heterocycles. The number of ether oxygens (including phenoxy) is 1. The first kappa shape index (κ1) is 20.0. The summed E-state index contributed by atoms with van der Waals surface area (Å²) < 4.78 is 4.95. The van der Waals surface area contributed by atoms with Crippen LogP contribution in [0.3, 0.4) is 0 Å². The zero-order valence-electron chi connectivity index (χ0n) is 13.5. The highest BCUT2D eigenvalue weighted by Gasteiger charge is 2.20. The van der Waals surface area contributed by atoms with Crippen molar-refractivity contribution in [2.75, 3.05) is 6.54 Å². The molecule has 1 aromatic carbocycles. The number of hydrogen-bond acceptors (Lipinski definition) is 5. The van der Waals surface area contributed by atoms with Gasteiger partial charge in [0.2, 0.25) is 5.91 Å². The molecule has 1 rings (SSSR count). The standard InChI is InChI=1S/C17H20N2O6/c1-2-6-14(16(22)23)19-15(21)9-13(20)10-18-17(24)25-11-12-7-4-3-5-8-12/h1,3-5,7-8,13-14,20H,6,9-11H2,(H,18,24)(H,19,21)(H,22,23)/t13-,14+/m1/s1. The third-order valence-corrected chi connectivity index (χ3v) is 3.07. The molecule has 1 aromatic rings. The van der Waals surface area contributed by atoms with Gasteiger partial charge in [-0.15, -0.1) is 12.3 Å². The van der Waals surface area contributed by atoms with Crippen molar-refractivity contribution < 1.29 is 29.3 Å². The number of aliphatic hydroxyl groups excluding tert-OH is 1. The maximum absolute atomic E-state index is 11.7. The Morgan fingerprint density at radius 2 is 1.92 bits per heavy atom. The minimum absolute atomic E-state index is 0.0790. The van der Waals surface area contributed by atoms with Gasteiger partial charge in [0.25, 0.3) is 0 Å². The van der Waals surface area contributed by atoms with Gasteiger partial charge in [0, 0.05) is 13.0 Å². The summed E-state index contributed by atoms with van der Waals surface area (Å²) in [5, 5.41) is 23.1. The van der Waals surface area contributed by atoms with Gasteiger partial charge in [-0.25, -0.2) is 9.59 Å². The number of carbonyl (C=O) groups is 3. The van der Waals surface area contributed by atoms with E-state index < -0.39 is 30.1 Å². The van der Waals surface area contributed by atoms with Crippen LogP contribution in [-0.4, -0.2) is 46.9 Å². The summed E-state index contributed by atoms with van der Waals surface area (Å²) in [7, 11) is 0. The highest BCUT2D eigenvalue weighted by Crippen LogP contribution is 2.01. The van der Waals surface area contributed by atoms with Crippen LogP contribution in [0.25, 0.3) is 0 Å². The van der Waals surface area contributed by atoms with Crippen molar-refractivity contribution in [2.24, 2.45) is 0 Å². The lowest BCUT2D eigenvalue weighted by Gasteiger charge is -2.15. The molecule has 8 heteroatoms. The first-order chi connectivity index (χ1) is 11.9. The molecule has 0 fully saturated rings. The van der Waals surface area contributed by atoms with Gasteiger partial charge in [-0.1, -0.05) is 30.3 Å². The first-order valence-corrected chi connectivity index (χ1v) is 7.50. The Morgan fingerprint density at radius 1 is 1.24 bits per heavy atom. The maximum Gasteiger partial charge on any atom is 0.407 e. The zero-order chi connectivity index (χ0) is 18.7. The van der Waals surface area contributed by atoms with Crippen molar-refractivity contribution in [3.05, 3.63) is 35.9 Å². The second-order valence-corrected chi connectivity index (χ2v) is 5.17. The van der Waals surface area contributed by atoms with Gasteiger partial charge >= 0.3 is 12.1 Å². The summed E-state index contributed by atoms with van der Waals surface area (Å²) >= 11 is 0. The fourth-order valence-corrected chi connectivity index (χ4v) is 1.83. The molecule has 0 aliphatic rings. The van der Waals surface area contributed by atoms with E-state index in [1.165, 1.54) is 0 Å². The second-order valence-electron chi connectivity index (χ2n) is 5.17. The van der Waals surface area contributed by atoms with Crippen LogP contribution < -0.4 is 10.6 Å². The summed E-state index contributed by atoms with van der Waals surface area (Å²) in [6.45, 7) is -0.135. The summed E-state index contributed by atoms with van der Waals surface area (Å²) in [6, 6.07) is 7.83. The Balaban J connectivity index is 2.28. The molecule has 0 spiro atoms. The lowest BCUT2D eigenvalue weighted by Crippen LogP contribution is -2.43. The first-order valence-electron chi connectivity index (χ1n) is 7.50. The van der Waals surface area contributed by atoms with Gasteiger partial charge in [0.05, 0.1) is 12.5 Å². The molecule has 0 heterocycles. The molecule has 0 aromatic heterocycles. The van der Waals surface area contributed by atoms with E-state index in [4.69, 9.17) is 16.3 Å². The van der Waals surface area contributed by atoms with Crippen LogP contribution in [0.2, 0.25) is 0 Å². The topological polar surface area (TPSA) is 125 Å². The van der Waals surface area contributed by atoms with Crippen molar-refractivity contribution in [2.45, 2.75) is 31.6 Å². The van der Waals surface area contributed by atoms with Crippen molar-refractivity contribution in [3.63, 3.8) is 0 Å². The van der Waals surface area contributed by atoms with Crippen LogP contribution in [0, 0.1) is 12.3 Å². The Hall–Kier alpha value is -3.05. The van der Waals surface area contributed by atoms with Crippen LogP contribution in [0.1, 0.15) is 18.4 Å². The lowest BCUT2D eigenvalue weighted by atomic mass is 10.2. The average molecular weight is 348 g/mol. The minimum atomic E-state index is -1.26. The summed E-state index contributed by atoms with van der Waals surface area (Å²) in [5.41, 5.74) is 0.811. The second kappa shape index (κ2) is 10.7. The van der Waals surface area contributed by atoms with Gasteiger partial charge in [-0.05, 0) is 5.56 Å². The summed E-state index contributed by atoms with van der Waals surface area (Å²) in [5.74, 6) is 0.198. The molecule has 134 valence electrons. The number of nitrogens with one attached hydrogen (secondary N) is 2. The molecule has 0 radical (unpaired) electrons. The number of benzene rings is 1. The van der Waals surface area contributed by atoms with E-state index in [-0.39, 0.29) is 26.0 Å². The molecule has 0 aliphatic carbocycles. The molecule has 25 heavy (non-hydrogen) atoms. The number of carbonyl (C=O) groups excluding carboxylic acids is 2. The van der Waals surface area contributed by atoms with Gasteiger partial charge in [0.15, 0.2) is 0 Å². The number of aliphatic carboxylic acids is 1. The predicted molar refractivity (Wildman–Crippen MR) is 88.3 cm³/mol. The number of rotatable bonds is 9. The van der Waals surface area contributed by atoms with Crippen molar-refractivity contribution >= 4 is 18.0 Å². The molecule has 0 unspecified atom stereocenters. The van der Waals surface area contributed by atoms with E-state index in [9.17, 15) is 19.5 Å². The van der Waals surface area contributed by atoms with Crippen LogP contribution in [0.4, 0.5) is 4.79 Å². The third kappa shape index (κ3) is 8.39. The molecule has 0 saturated carbocycles. The van der Waals surface area contributed by atoms with E-state index in [0.29, 0.717) is 0 Å². The van der Waals surface area contributed by atoms with Gasteiger partial charge in [-0.3, -0.25) is 4.79 Å². The third-order valence-electron chi connectivity index (χ3n) is 3.07. The maximum atomic E-state index is 11.7. The molecule has 0 bridgehead atoms. The lowest BCUT2D eigenvalue weighted by molar-refractivity contribution is -0.142. The highest BCUT2D eigenvalue weighted by atomic mass is 16.5. The van der Waals surface area contributed by atoms with Crippen LogP contribution in [0.15, 0.2) is 30.3 Å².